The SMILES string of the molecule is COC(CNC(=O)c1ccc(I)cc1)CC(=O)O. The lowest BCUT2D eigenvalue weighted by atomic mass is 10.2. The van der Waals surface area contributed by atoms with Crippen LogP contribution >= 0.6 is 22.6 Å². The first-order valence-electron chi connectivity index (χ1n) is 5.31. The minimum atomic E-state index is -0.953. The van der Waals surface area contributed by atoms with Gasteiger partial charge in [0.25, 0.3) is 5.91 Å². The smallest absolute Gasteiger partial charge is 0.306 e. The number of halogens is 1. The Morgan fingerprint density at radius 3 is 2.50 bits per heavy atom. The molecule has 0 saturated heterocycles. The first-order valence-corrected chi connectivity index (χ1v) is 6.39. The van der Waals surface area contributed by atoms with E-state index in [4.69, 9.17) is 9.84 Å². The Labute approximate surface area is 119 Å². The third-order valence-electron chi connectivity index (χ3n) is 2.33. The number of hydrogen-bond donors (Lipinski definition) is 2. The molecule has 0 bridgehead atoms. The number of nitrogens with one attached hydrogen (secondary N) is 1. The van der Waals surface area contributed by atoms with Crippen LogP contribution in [-0.2, 0) is 9.53 Å². The number of carbonyl (C=O) groups is 2. The molecule has 1 aromatic rings. The molecule has 18 heavy (non-hydrogen) atoms. The third kappa shape index (κ3) is 5.01. The number of rotatable bonds is 6. The maximum absolute atomic E-state index is 11.7. The lowest BCUT2D eigenvalue weighted by Crippen LogP contribution is -2.34. The summed E-state index contributed by atoms with van der Waals surface area (Å²) in [6.45, 7) is 0.174. The van der Waals surface area contributed by atoms with E-state index in [0.29, 0.717) is 5.56 Å². The van der Waals surface area contributed by atoms with Crippen LogP contribution in [0.15, 0.2) is 24.3 Å². The molecule has 1 unspecified atom stereocenters. The molecule has 0 aliphatic heterocycles. The number of carboxylic acid groups (broad SMARTS) is 1. The van der Waals surface area contributed by atoms with Gasteiger partial charge in [-0.15, -0.1) is 0 Å². The van der Waals surface area contributed by atoms with Gasteiger partial charge in [-0.3, -0.25) is 9.59 Å². The summed E-state index contributed by atoms with van der Waals surface area (Å²) in [4.78, 5) is 22.3. The fourth-order valence-electron chi connectivity index (χ4n) is 1.34. The number of hydrogen-bond acceptors (Lipinski definition) is 3. The first-order chi connectivity index (χ1) is 8.52. The molecular formula is C12H14INO4. The maximum Gasteiger partial charge on any atom is 0.306 e. The predicted molar refractivity (Wildman–Crippen MR) is 74.5 cm³/mol. The number of methoxy groups -OCH3 is 1. The summed E-state index contributed by atoms with van der Waals surface area (Å²) in [5.74, 6) is -1.19. The zero-order valence-corrected chi connectivity index (χ0v) is 12.0. The zero-order valence-electron chi connectivity index (χ0n) is 9.85. The highest BCUT2D eigenvalue weighted by molar-refractivity contribution is 14.1. The molecule has 0 aliphatic carbocycles. The molecule has 0 fully saturated rings. The van der Waals surface area contributed by atoms with Gasteiger partial charge in [-0.05, 0) is 46.9 Å². The molecule has 1 amide bonds. The minimum Gasteiger partial charge on any atom is -0.481 e. The van der Waals surface area contributed by atoms with Crippen LogP contribution in [0.2, 0.25) is 0 Å². The van der Waals surface area contributed by atoms with Crippen LogP contribution in [0.5, 0.6) is 0 Å². The molecule has 1 rings (SSSR count). The molecule has 2 N–H and O–H groups in total. The summed E-state index contributed by atoms with van der Waals surface area (Å²) in [6.07, 6.45) is -0.654. The first kappa shape index (κ1) is 14.9. The Balaban J connectivity index is 2.49. The van der Waals surface area contributed by atoms with Crippen molar-refractivity contribution >= 4 is 34.5 Å². The second-order valence-corrected chi connectivity index (χ2v) is 4.92. The van der Waals surface area contributed by atoms with E-state index in [1.807, 2.05) is 12.1 Å². The average Bonchev–Trinajstić information content (AvgIpc) is 2.34. The Kier molecular flexibility index (Phi) is 6.06. The Hall–Kier alpha value is -1.15. The fraction of sp³-hybridized carbons (Fsp3) is 0.333. The van der Waals surface area contributed by atoms with Crippen LogP contribution in [-0.4, -0.2) is 36.7 Å². The summed E-state index contributed by atoms with van der Waals surface area (Å²) in [7, 11) is 1.42. The van der Waals surface area contributed by atoms with Gasteiger partial charge in [0.15, 0.2) is 0 Å². The topological polar surface area (TPSA) is 75.6 Å². The number of benzene rings is 1. The van der Waals surface area contributed by atoms with Gasteiger partial charge >= 0.3 is 5.97 Å². The molecule has 6 heteroatoms. The maximum atomic E-state index is 11.7. The number of aliphatic carboxylic acids is 1. The van der Waals surface area contributed by atoms with E-state index >= 15 is 0 Å². The van der Waals surface area contributed by atoms with Crippen molar-refractivity contribution in [3.63, 3.8) is 0 Å². The molecule has 5 nitrogen and oxygen atoms in total. The van der Waals surface area contributed by atoms with E-state index in [1.165, 1.54) is 7.11 Å². The van der Waals surface area contributed by atoms with Crippen LogP contribution in [0.25, 0.3) is 0 Å². The fourth-order valence-corrected chi connectivity index (χ4v) is 1.70. The van der Waals surface area contributed by atoms with Crippen molar-refractivity contribution in [3.05, 3.63) is 33.4 Å². The van der Waals surface area contributed by atoms with Gasteiger partial charge < -0.3 is 15.2 Å². The lowest BCUT2D eigenvalue weighted by molar-refractivity contribution is -0.139. The molecule has 0 heterocycles. The molecule has 0 radical (unpaired) electrons. The second-order valence-electron chi connectivity index (χ2n) is 3.67. The largest absolute Gasteiger partial charge is 0.481 e. The van der Waals surface area contributed by atoms with Crippen LogP contribution in [0, 0.1) is 3.57 Å². The van der Waals surface area contributed by atoms with E-state index in [0.717, 1.165) is 3.57 Å². The van der Waals surface area contributed by atoms with Gasteiger partial charge in [0, 0.05) is 22.8 Å². The molecule has 1 aromatic carbocycles. The number of ether oxygens (including phenoxy) is 1. The summed E-state index contributed by atoms with van der Waals surface area (Å²) < 4.78 is 6.02. The molecule has 1 atom stereocenters. The van der Waals surface area contributed by atoms with E-state index in [1.54, 1.807) is 12.1 Å². The number of carbonyl (C=O) groups excluding carboxylic acids is 1. The van der Waals surface area contributed by atoms with Gasteiger partial charge in [-0.1, -0.05) is 0 Å². The van der Waals surface area contributed by atoms with Crippen molar-refractivity contribution in [1.82, 2.24) is 5.32 Å². The molecule has 0 spiro atoms. The van der Waals surface area contributed by atoms with Crippen LogP contribution < -0.4 is 5.32 Å². The molecule has 0 aliphatic rings. The number of amides is 1. The number of carboxylic acids is 1. The predicted octanol–water partition coefficient (Wildman–Crippen LogP) is 1.51. The van der Waals surface area contributed by atoms with E-state index in [2.05, 4.69) is 27.9 Å². The van der Waals surface area contributed by atoms with Gasteiger partial charge in [0.1, 0.15) is 0 Å². The molecule has 0 saturated carbocycles. The quantitative estimate of drug-likeness (QED) is 0.752. The van der Waals surface area contributed by atoms with Gasteiger partial charge in [0.05, 0.1) is 12.5 Å². The highest BCUT2D eigenvalue weighted by atomic mass is 127. The third-order valence-corrected chi connectivity index (χ3v) is 3.05. The Morgan fingerprint density at radius 2 is 2.00 bits per heavy atom. The van der Waals surface area contributed by atoms with E-state index in [9.17, 15) is 9.59 Å². The lowest BCUT2D eigenvalue weighted by Gasteiger charge is -2.13. The van der Waals surface area contributed by atoms with Crippen molar-refractivity contribution in [3.8, 4) is 0 Å². The van der Waals surface area contributed by atoms with Crippen molar-refractivity contribution in [2.75, 3.05) is 13.7 Å². The van der Waals surface area contributed by atoms with Crippen LogP contribution in [0.3, 0.4) is 0 Å². The summed E-state index contributed by atoms with van der Waals surface area (Å²) in [5.41, 5.74) is 0.542. The van der Waals surface area contributed by atoms with Crippen LogP contribution in [0.4, 0.5) is 0 Å². The normalized spacial score (nSPS) is 11.9. The Bertz CT molecular complexity index is 419. The van der Waals surface area contributed by atoms with Crippen molar-refractivity contribution in [2.24, 2.45) is 0 Å². The average molecular weight is 363 g/mol. The highest BCUT2D eigenvalue weighted by Crippen LogP contribution is 2.06. The van der Waals surface area contributed by atoms with Gasteiger partial charge in [0.2, 0.25) is 0 Å². The van der Waals surface area contributed by atoms with Gasteiger partial charge in [-0.2, -0.15) is 0 Å². The molecule has 98 valence electrons. The highest BCUT2D eigenvalue weighted by Gasteiger charge is 2.14. The van der Waals surface area contributed by atoms with Crippen molar-refractivity contribution in [2.45, 2.75) is 12.5 Å². The standard InChI is InChI=1S/C12H14INO4/c1-18-10(6-11(15)16)7-14-12(17)8-2-4-9(13)5-3-8/h2-5,10H,6-7H2,1H3,(H,14,17)(H,15,16). The monoisotopic (exact) mass is 363 g/mol. The van der Waals surface area contributed by atoms with Crippen molar-refractivity contribution < 1.29 is 19.4 Å². The second kappa shape index (κ2) is 7.32. The zero-order chi connectivity index (χ0) is 13.5. The van der Waals surface area contributed by atoms with E-state index < -0.39 is 12.1 Å². The van der Waals surface area contributed by atoms with Crippen molar-refractivity contribution in [1.29, 1.82) is 0 Å². The molecule has 0 aromatic heterocycles. The summed E-state index contributed by atoms with van der Waals surface area (Å²) in [5, 5.41) is 11.3. The van der Waals surface area contributed by atoms with Gasteiger partial charge in [-0.25, -0.2) is 0 Å². The van der Waals surface area contributed by atoms with Crippen LogP contribution in [0.1, 0.15) is 16.8 Å². The summed E-state index contributed by atoms with van der Waals surface area (Å²) >= 11 is 2.15. The molecular weight excluding hydrogens is 349 g/mol. The van der Waals surface area contributed by atoms with E-state index in [-0.39, 0.29) is 18.9 Å². The summed E-state index contributed by atoms with van der Waals surface area (Å²) in [6, 6.07) is 7.10. The Morgan fingerprint density at radius 1 is 1.39 bits per heavy atom. The minimum absolute atomic E-state index is 0.135.